The summed E-state index contributed by atoms with van der Waals surface area (Å²) in [6.45, 7) is 11.1. The van der Waals surface area contributed by atoms with E-state index in [0.29, 0.717) is 12.5 Å². The first-order valence-electron chi connectivity index (χ1n) is 8.54. The second-order valence-electron chi connectivity index (χ2n) is 7.49. The number of hydrogen-bond acceptors (Lipinski definition) is 5. The van der Waals surface area contributed by atoms with E-state index < -0.39 is 0 Å². The van der Waals surface area contributed by atoms with Crippen LogP contribution in [0.15, 0.2) is 17.2 Å². The third-order valence-electron chi connectivity index (χ3n) is 5.87. The van der Waals surface area contributed by atoms with Gasteiger partial charge in [0.15, 0.2) is 5.84 Å². The molecule has 3 aliphatic rings. The molecular formula is C18H24N4O2. The Hall–Kier alpha value is -2.08. The molecule has 0 spiro atoms. The normalized spacial score (nSPS) is 25.5. The van der Waals surface area contributed by atoms with Gasteiger partial charge in [0, 0.05) is 13.1 Å². The lowest BCUT2D eigenvalue weighted by molar-refractivity contribution is -0.122. The van der Waals surface area contributed by atoms with Crippen molar-refractivity contribution in [1.29, 1.82) is 0 Å². The van der Waals surface area contributed by atoms with Gasteiger partial charge in [-0.3, -0.25) is 4.79 Å². The van der Waals surface area contributed by atoms with E-state index in [1.165, 1.54) is 11.1 Å². The van der Waals surface area contributed by atoms with Gasteiger partial charge in [-0.2, -0.15) is 5.10 Å². The molecule has 0 saturated carbocycles. The van der Waals surface area contributed by atoms with Crippen molar-refractivity contribution in [1.82, 2.24) is 10.7 Å². The predicted octanol–water partition coefficient (Wildman–Crippen LogP) is 1.74. The fraction of sp³-hybridized carbons (Fsp3) is 0.556. The molecule has 0 bridgehead atoms. The number of ether oxygens (including phenoxy) is 1. The van der Waals surface area contributed by atoms with Gasteiger partial charge >= 0.3 is 0 Å². The molecule has 6 nitrogen and oxygen atoms in total. The maximum absolute atomic E-state index is 12.1. The summed E-state index contributed by atoms with van der Waals surface area (Å²) in [5.74, 6) is 1.94. The van der Waals surface area contributed by atoms with Gasteiger partial charge in [0.25, 0.3) is 5.91 Å². The number of nitrogens with one attached hydrogen (secondary N) is 2. The lowest BCUT2D eigenvalue weighted by atomic mass is 9.69. The molecule has 2 atom stereocenters. The average Bonchev–Trinajstić information content (AvgIpc) is 2.54. The van der Waals surface area contributed by atoms with Crippen molar-refractivity contribution in [3.63, 3.8) is 0 Å². The van der Waals surface area contributed by atoms with E-state index in [1.807, 2.05) is 11.8 Å². The number of carbonyl (C=O) groups is 1. The lowest BCUT2D eigenvalue weighted by Gasteiger charge is -2.45. The van der Waals surface area contributed by atoms with Crippen molar-refractivity contribution >= 4 is 17.4 Å². The van der Waals surface area contributed by atoms with Crippen LogP contribution in [0.2, 0.25) is 0 Å². The monoisotopic (exact) mass is 328 g/mol. The van der Waals surface area contributed by atoms with E-state index in [-0.39, 0.29) is 17.4 Å². The number of hydrazone groups is 1. The fourth-order valence-corrected chi connectivity index (χ4v) is 3.86. The number of fused-ring (bicyclic) bond motifs is 3. The largest absolute Gasteiger partial charge is 0.483 e. The van der Waals surface area contributed by atoms with Crippen LogP contribution < -0.4 is 20.4 Å². The van der Waals surface area contributed by atoms with Gasteiger partial charge in [-0.05, 0) is 48.4 Å². The summed E-state index contributed by atoms with van der Waals surface area (Å²) in [4.78, 5) is 14.1. The smallest absolute Gasteiger partial charge is 0.262 e. The molecule has 3 aliphatic heterocycles. The Morgan fingerprint density at radius 1 is 1.42 bits per heavy atom. The van der Waals surface area contributed by atoms with Gasteiger partial charge in [0.2, 0.25) is 0 Å². The summed E-state index contributed by atoms with van der Waals surface area (Å²) in [6.07, 6.45) is 0. The Balaban J connectivity index is 1.79. The van der Waals surface area contributed by atoms with Crippen molar-refractivity contribution in [3.05, 3.63) is 23.3 Å². The number of hydrogen-bond donors (Lipinski definition) is 2. The summed E-state index contributed by atoms with van der Waals surface area (Å²) >= 11 is 0. The third kappa shape index (κ3) is 2.13. The van der Waals surface area contributed by atoms with Crippen LogP contribution in [0.25, 0.3) is 0 Å². The molecule has 1 aromatic carbocycles. The molecule has 1 fully saturated rings. The molecule has 2 N–H and O–H groups in total. The molecule has 1 saturated heterocycles. The first-order chi connectivity index (χ1) is 11.4. The maximum Gasteiger partial charge on any atom is 0.262 e. The van der Waals surface area contributed by atoms with E-state index in [1.54, 1.807) is 0 Å². The van der Waals surface area contributed by atoms with E-state index in [4.69, 9.17) is 4.74 Å². The van der Waals surface area contributed by atoms with Gasteiger partial charge in [-0.15, -0.1) is 0 Å². The van der Waals surface area contributed by atoms with Crippen molar-refractivity contribution in [2.45, 2.75) is 39.7 Å². The number of aryl methyl sites for hydroxylation is 1. The summed E-state index contributed by atoms with van der Waals surface area (Å²) < 4.78 is 5.88. The van der Waals surface area contributed by atoms with E-state index in [0.717, 1.165) is 30.4 Å². The quantitative estimate of drug-likeness (QED) is 0.868. The molecule has 128 valence electrons. The second kappa shape index (κ2) is 5.21. The molecule has 0 unspecified atom stereocenters. The van der Waals surface area contributed by atoms with Crippen molar-refractivity contribution in [2.75, 3.05) is 24.6 Å². The van der Waals surface area contributed by atoms with Crippen LogP contribution in [0.1, 0.15) is 37.8 Å². The van der Waals surface area contributed by atoms with Crippen LogP contribution >= 0.6 is 0 Å². The zero-order valence-electron chi connectivity index (χ0n) is 14.6. The van der Waals surface area contributed by atoms with Gasteiger partial charge in [0.05, 0.1) is 5.69 Å². The Morgan fingerprint density at radius 3 is 2.83 bits per heavy atom. The highest BCUT2D eigenvalue weighted by atomic mass is 16.5. The highest BCUT2D eigenvalue weighted by Gasteiger charge is 2.40. The first kappa shape index (κ1) is 15.4. The SMILES string of the molecule is Cc1cc2c(cc1[C@@H](C)C1(C)CNC1)N1C(=NNC(=O)[C@H]1C)CO2. The number of anilines is 1. The van der Waals surface area contributed by atoms with E-state index in [9.17, 15) is 4.79 Å². The first-order valence-corrected chi connectivity index (χ1v) is 8.54. The minimum Gasteiger partial charge on any atom is -0.483 e. The van der Waals surface area contributed by atoms with E-state index in [2.05, 4.69) is 48.7 Å². The van der Waals surface area contributed by atoms with Crippen LogP contribution in [-0.2, 0) is 4.79 Å². The van der Waals surface area contributed by atoms with Crippen molar-refractivity contribution in [2.24, 2.45) is 10.5 Å². The Bertz CT molecular complexity index is 739. The summed E-state index contributed by atoms with van der Waals surface area (Å²) in [5.41, 5.74) is 6.36. The molecule has 0 aliphatic carbocycles. The van der Waals surface area contributed by atoms with Gasteiger partial charge < -0.3 is 15.0 Å². The van der Waals surface area contributed by atoms with Crippen LogP contribution in [0, 0.1) is 12.3 Å². The number of carbonyl (C=O) groups excluding carboxylic acids is 1. The number of nitrogens with zero attached hydrogens (tertiary/aromatic N) is 2. The molecule has 3 heterocycles. The summed E-state index contributed by atoms with van der Waals surface area (Å²) in [5, 5.41) is 7.55. The maximum atomic E-state index is 12.1. The number of benzene rings is 1. The summed E-state index contributed by atoms with van der Waals surface area (Å²) in [7, 11) is 0. The minimum absolute atomic E-state index is 0.0862. The van der Waals surface area contributed by atoms with Gasteiger partial charge in [-0.25, -0.2) is 5.43 Å². The van der Waals surface area contributed by atoms with Crippen LogP contribution in [0.5, 0.6) is 5.75 Å². The molecular weight excluding hydrogens is 304 g/mol. The van der Waals surface area contributed by atoms with Crippen LogP contribution in [0.3, 0.4) is 0 Å². The lowest BCUT2D eigenvalue weighted by Crippen LogP contribution is -2.55. The molecule has 24 heavy (non-hydrogen) atoms. The third-order valence-corrected chi connectivity index (χ3v) is 5.87. The predicted molar refractivity (Wildman–Crippen MR) is 93.6 cm³/mol. The van der Waals surface area contributed by atoms with Gasteiger partial charge in [0.1, 0.15) is 18.4 Å². The van der Waals surface area contributed by atoms with Gasteiger partial charge in [-0.1, -0.05) is 13.8 Å². The number of amides is 1. The Labute approximate surface area is 142 Å². The van der Waals surface area contributed by atoms with Crippen molar-refractivity contribution < 1.29 is 9.53 Å². The standard InChI is InChI=1S/C18H24N4O2/c1-10-5-15-14(6-13(10)11(2)18(4)8-19-9-18)22-12(3)17(23)21-20-16(22)7-24-15/h5-6,11-12,19H,7-9H2,1-4H3,(H,21,23)/t11-,12-/m1/s1. The second-order valence-corrected chi connectivity index (χ2v) is 7.49. The van der Waals surface area contributed by atoms with Crippen molar-refractivity contribution in [3.8, 4) is 5.75 Å². The molecule has 4 rings (SSSR count). The van der Waals surface area contributed by atoms with Crippen LogP contribution in [0.4, 0.5) is 5.69 Å². The van der Waals surface area contributed by atoms with Crippen LogP contribution in [-0.4, -0.2) is 37.5 Å². The molecule has 0 aromatic heterocycles. The topological polar surface area (TPSA) is 66.0 Å². The highest BCUT2D eigenvalue weighted by molar-refractivity contribution is 6.09. The molecule has 0 radical (unpaired) electrons. The summed E-state index contributed by atoms with van der Waals surface area (Å²) in [6, 6.07) is 4.02. The molecule has 1 amide bonds. The fourth-order valence-electron chi connectivity index (χ4n) is 3.86. The van der Waals surface area contributed by atoms with E-state index >= 15 is 0 Å². The minimum atomic E-state index is -0.285. The highest BCUT2D eigenvalue weighted by Crippen LogP contribution is 2.44. The molecule has 1 aromatic rings. The molecule has 6 heteroatoms. The average molecular weight is 328 g/mol. The zero-order chi connectivity index (χ0) is 17.1. The Kier molecular flexibility index (Phi) is 3.35. The zero-order valence-corrected chi connectivity index (χ0v) is 14.6. The number of amidine groups is 1. The number of rotatable bonds is 2. The Morgan fingerprint density at radius 2 is 2.17 bits per heavy atom.